The summed E-state index contributed by atoms with van der Waals surface area (Å²) >= 11 is 7.34. The Morgan fingerprint density at radius 2 is 1.86 bits per heavy atom. The molecule has 1 heterocycles. The Kier molecular flexibility index (Phi) is 12.0. The van der Waals surface area contributed by atoms with Crippen molar-refractivity contribution in [1.29, 1.82) is 0 Å². The number of nitrogens with one attached hydrogen (secondary N) is 3. The highest BCUT2D eigenvalue weighted by atomic mass is 32.2. The van der Waals surface area contributed by atoms with E-state index in [9.17, 15) is 9.59 Å². The highest BCUT2D eigenvalue weighted by Crippen LogP contribution is 2.28. The van der Waals surface area contributed by atoms with Crippen LogP contribution in [0.1, 0.15) is 71.3 Å². The zero-order chi connectivity index (χ0) is 26.7. The van der Waals surface area contributed by atoms with E-state index in [1.807, 2.05) is 39.0 Å². The van der Waals surface area contributed by atoms with Crippen LogP contribution in [-0.2, 0) is 16.1 Å². The Labute approximate surface area is 232 Å². The number of benzene rings is 1. The molecule has 1 aromatic rings. The fraction of sp³-hybridized carbons (Fsp3) is 0.679. The van der Waals surface area contributed by atoms with Gasteiger partial charge in [0.25, 0.3) is 0 Å². The van der Waals surface area contributed by atoms with Gasteiger partial charge in [0.05, 0.1) is 16.9 Å². The number of thiocarbonyl (C=S) groups is 1. The third-order valence-electron chi connectivity index (χ3n) is 6.81. The molecule has 0 bridgehead atoms. The van der Waals surface area contributed by atoms with Gasteiger partial charge in [-0.1, -0.05) is 74.7 Å². The van der Waals surface area contributed by atoms with E-state index in [4.69, 9.17) is 17.0 Å². The minimum absolute atomic E-state index is 0.157. The molecule has 206 valence electrons. The van der Waals surface area contributed by atoms with Gasteiger partial charge < -0.3 is 20.7 Å². The van der Waals surface area contributed by atoms with E-state index >= 15 is 0 Å². The van der Waals surface area contributed by atoms with Crippen molar-refractivity contribution in [3.05, 3.63) is 35.9 Å². The summed E-state index contributed by atoms with van der Waals surface area (Å²) in [6, 6.07) is 9.50. The number of carbonyl (C=O) groups is 2. The molecule has 1 saturated carbocycles. The number of ether oxygens (including phenoxy) is 1. The zero-order valence-electron chi connectivity index (χ0n) is 22.6. The molecule has 0 aromatic heterocycles. The molecule has 7 nitrogen and oxygen atoms in total. The van der Waals surface area contributed by atoms with Crippen molar-refractivity contribution in [2.24, 2.45) is 5.92 Å². The van der Waals surface area contributed by atoms with Crippen molar-refractivity contribution in [1.82, 2.24) is 20.9 Å². The van der Waals surface area contributed by atoms with Crippen LogP contribution in [0.2, 0.25) is 0 Å². The number of carbonyl (C=O) groups excluding carboxylic acids is 2. The van der Waals surface area contributed by atoms with Crippen LogP contribution >= 0.6 is 24.0 Å². The highest BCUT2D eigenvalue weighted by Gasteiger charge is 2.38. The Morgan fingerprint density at radius 3 is 2.57 bits per heavy atom. The molecule has 1 aliphatic heterocycles. The van der Waals surface area contributed by atoms with Gasteiger partial charge in [0.15, 0.2) is 0 Å². The van der Waals surface area contributed by atoms with E-state index in [0.717, 1.165) is 25.9 Å². The lowest BCUT2D eigenvalue weighted by molar-refractivity contribution is -0.125. The molecule has 2 aliphatic rings. The lowest BCUT2D eigenvalue weighted by Crippen LogP contribution is -2.54. The minimum atomic E-state index is -0.603. The molecular weight excluding hydrogens is 504 g/mol. The molecule has 1 aromatic carbocycles. The highest BCUT2D eigenvalue weighted by molar-refractivity contribution is 7.99. The maximum atomic E-state index is 13.4. The van der Waals surface area contributed by atoms with Gasteiger partial charge in [0.2, 0.25) is 5.91 Å². The summed E-state index contributed by atoms with van der Waals surface area (Å²) in [4.78, 5) is 28.3. The number of nitrogens with zero attached hydrogens (tertiary/aromatic N) is 1. The molecule has 9 heteroatoms. The molecule has 2 amide bonds. The first-order valence-corrected chi connectivity index (χ1v) is 15.2. The van der Waals surface area contributed by atoms with Gasteiger partial charge in [0, 0.05) is 25.4 Å². The second-order valence-electron chi connectivity index (χ2n) is 11.1. The SMILES string of the molecule is CC(C)(C)OC(=O)N1CSC[C@H]1C(=O)N[C@H](CCC1CCCCC1)C(=S)NCCNCc1ccccc1. The average Bonchev–Trinajstić information content (AvgIpc) is 3.37. The number of rotatable bonds is 11. The topological polar surface area (TPSA) is 82.7 Å². The van der Waals surface area contributed by atoms with Crippen LogP contribution in [0.3, 0.4) is 0 Å². The number of amides is 2. The summed E-state index contributed by atoms with van der Waals surface area (Å²) in [6.45, 7) is 7.77. The average molecular weight is 549 g/mol. The van der Waals surface area contributed by atoms with Gasteiger partial charge in [-0.2, -0.15) is 0 Å². The van der Waals surface area contributed by atoms with Gasteiger partial charge in [-0.05, 0) is 45.1 Å². The van der Waals surface area contributed by atoms with Crippen molar-refractivity contribution in [2.75, 3.05) is 24.7 Å². The summed E-state index contributed by atoms with van der Waals surface area (Å²) in [7, 11) is 0. The molecule has 2 fully saturated rings. The maximum Gasteiger partial charge on any atom is 0.411 e. The van der Waals surface area contributed by atoms with Crippen molar-refractivity contribution >= 4 is 41.0 Å². The van der Waals surface area contributed by atoms with Crippen molar-refractivity contribution in [3.63, 3.8) is 0 Å². The number of thioether (sulfide) groups is 1. The Balaban J connectivity index is 1.53. The quantitative estimate of drug-likeness (QED) is 0.269. The van der Waals surface area contributed by atoms with Crippen molar-refractivity contribution < 1.29 is 14.3 Å². The Hall–Kier alpha value is -1.84. The summed E-state index contributed by atoms with van der Waals surface area (Å²) < 4.78 is 5.54. The second kappa shape index (κ2) is 14.9. The summed E-state index contributed by atoms with van der Waals surface area (Å²) in [5.74, 6) is 1.55. The lowest BCUT2D eigenvalue weighted by atomic mass is 9.85. The van der Waals surface area contributed by atoms with Gasteiger partial charge in [-0.25, -0.2) is 4.79 Å². The third kappa shape index (κ3) is 10.4. The van der Waals surface area contributed by atoms with Crippen molar-refractivity contribution in [3.8, 4) is 0 Å². The largest absolute Gasteiger partial charge is 0.444 e. The first-order chi connectivity index (χ1) is 17.7. The van der Waals surface area contributed by atoms with Gasteiger partial charge in [0.1, 0.15) is 11.6 Å². The summed E-state index contributed by atoms with van der Waals surface area (Å²) in [5.41, 5.74) is 0.639. The van der Waals surface area contributed by atoms with Crippen LogP contribution in [0.5, 0.6) is 0 Å². The van der Waals surface area contributed by atoms with E-state index in [0.29, 0.717) is 29.1 Å². The number of hydrogen-bond acceptors (Lipinski definition) is 6. The van der Waals surface area contributed by atoms with E-state index in [1.54, 1.807) is 11.8 Å². The van der Waals surface area contributed by atoms with Crippen LogP contribution in [-0.4, -0.2) is 64.3 Å². The maximum absolute atomic E-state index is 13.4. The van der Waals surface area contributed by atoms with E-state index in [-0.39, 0.29) is 11.9 Å². The summed E-state index contributed by atoms with van der Waals surface area (Å²) in [5, 5.41) is 9.98. The van der Waals surface area contributed by atoms with Crippen LogP contribution in [0.4, 0.5) is 4.79 Å². The predicted molar refractivity (Wildman–Crippen MR) is 156 cm³/mol. The summed E-state index contributed by atoms with van der Waals surface area (Å²) in [6.07, 6.45) is 7.85. The first kappa shape index (κ1) is 29.7. The second-order valence-corrected chi connectivity index (χ2v) is 12.5. The fourth-order valence-electron chi connectivity index (χ4n) is 4.80. The molecule has 0 spiro atoms. The fourth-order valence-corrected chi connectivity index (χ4v) is 6.22. The third-order valence-corrected chi connectivity index (χ3v) is 8.25. The molecule has 0 unspecified atom stereocenters. The standard InChI is InChI=1S/C28H44N4O3S2/c1-28(2,3)35-27(34)32-20-37-19-24(32)25(33)31-23(15-14-21-10-6-4-7-11-21)26(36)30-17-16-29-18-22-12-8-5-9-13-22/h5,8-9,12-13,21,23-24,29H,4,6-7,10-11,14-20H2,1-3H3,(H,30,36)(H,31,33)/t23-,24+/m1/s1. The molecule has 37 heavy (non-hydrogen) atoms. The Bertz CT molecular complexity index is 872. The van der Waals surface area contributed by atoms with Crippen LogP contribution in [0.25, 0.3) is 0 Å². The Morgan fingerprint density at radius 1 is 1.14 bits per heavy atom. The molecule has 0 radical (unpaired) electrons. The van der Waals surface area contributed by atoms with Crippen LogP contribution in [0, 0.1) is 5.92 Å². The molecule has 1 saturated heterocycles. The van der Waals surface area contributed by atoms with Crippen molar-refractivity contribution in [2.45, 2.75) is 89.9 Å². The van der Waals surface area contributed by atoms with E-state index in [2.05, 4.69) is 28.1 Å². The smallest absolute Gasteiger partial charge is 0.411 e. The number of hydrogen-bond donors (Lipinski definition) is 3. The first-order valence-electron chi connectivity index (χ1n) is 13.6. The molecular formula is C28H44N4O3S2. The lowest BCUT2D eigenvalue weighted by Gasteiger charge is -2.30. The normalized spacial score (nSPS) is 19.3. The monoisotopic (exact) mass is 548 g/mol. The minimum Gasteiger partial charge on any atom is -0.444 e. The van der Waals surface area contributed by atoms with Crippen LogP contribution in [0.15, 0.2) is 30.3 Å². The predicted octanol–water partition coefficient (Wildman–Crippen LogP) is 4.85. The van der Waals surface area contributed by atoms with Crippen LogP contribution < -0.4 is 16.0 Å². The van der Waals surface area contributed by atoms with Gasteiger partial charge in [-0.15, -0.1) is 11.8 Å². The zero-order valence-corrected chi connectivity index (χ0v) is 24.2. The molecule has 2 atom stereocenters. The van der Waals surface area contributed by atoms with Gasteiger partial charge >= 0.3 is 6.09 Å². The molecule has 3 N–H and O–H groups in total. The molecule has 1 aliphatic carbocycles. The molecule has 3 rings (SSSR count). The van der Waals surface area contributed by atoms with E-state index < -0.39 is 17.7 Å². The van der Waals surface area contributed by atoms with E-state index in [1.165, 1.54) is 42.6 Å². The van der Waals surface area contributed by atoms with Gasteiger partial charge in [-0.3, -0.25) is 9.69 Å².